The number of ether oxygens (including phenoxy) is 1. The van der Waals surface area contributed by atoms with Crippen LogP contribution in [0.1, 0.15) is 22.9 Å². The summed E-state index contributed by atoms with van der Waals surface area (Å²) >= 11 is 6.44. The van der Waals surface area contributed by atoms with Crippen molar-refractivity contribution in [2.45, 2.75) is 18.1 Å². The number of nitrogens with one attached hydrogen (secondary N) is 1. The van der Waals surface area contributed by atoms with Crippen LogP contribution in [-0.4, -0.2) is 52.5 Å². The third-order valence-corrected chi connectivity index (χ3v) is 4.89. The highest BCUT2D eigenvalue weighted by atomic mass is 35.5. The first-order chi connectivity index (χ1) is 10.7. The van der Waals surface area contributed by atoms with Gasteiger partial charge in [0, 0.05) is 26.1 Å². The number of hydrogen-bond acceptors (Lipinski definition) is 5. The van der Waals surface area contributed by atoms with Gasteiger partial charge in [-0.05, 0) is 12.1 Å². The molecule has 1 saturated heterocycles. The van der Waals surface area contributed by atoms with Gasteiger partial charge in [0.2, 0.25) is 0 Å². The van der Waals surface area contributed by atoms with Crippen LogP contribution in [0.25, 0.3) is 11.0 Å². The number of ketones is 1. The lowest BCUT2D eigenvalue weighted by molar-refractivity contribution is 0.0718. The molecule has 0 aliphatic carbocycles. The number of imidazole rings is 1. The number of carbonyl (C=O) groups excluding carboxylic acids is 1. The van der Waals surface area contributed by atoms with Crippen molar-refractivity contribution >= 4 is 28.4 Å². The number of hydrogen-bond donors (Lipinski definition) is 1. The number of methoxy groups -OCH3 is 1. The summed E-state index contributed by atoms with van der Waals surface area (Å²) in [5.74, 6) is 0.697. The Morgan fingerprint density at radius 3 is 3.09 bits per heavy atom. The van der Waals surface area contributed by atoms with E-state index in [-0.39, 0.29) is 17.5 Å². The number of piperazine rings is 1. The molecule has 0 saturated carbocycles. The summed E-state index contributed by atoms with van der Waals surface area (Å²) in [5, 5.41) is 3.27. The Hall–Kier alpha value is -1.63. The van der Waals surface area contributed by atoms with Crippen molar-refractivity contribution < 1.29 is 9.53 Å². The fraction of sp³-hybridized carbons (Fsp3) is 0.467. The molecular weight excluding hydrogens is 304 g/mol. The second-order valence-electron chi connectivity index (χ2n) is 5.65. The van der Waals surface area contributed by atoms with E-state index in [9.17, 15) is 4.79 Å². The van der Waals surface area contributed by atoms with E-state index < -0.39 is 0 Å². The zero-order valence-corrected chi connectivity index (χ0v) is 13.0. The van der Waals surface area contributed by atoms with Crippen molar-refractivity contribution in [2.75, 3.05) is 26.7 Å². The predicted octanol–water partition coefficient (Wildman–Crippen LogP) is 1.60. The molecule has 3 heterocycles. The van der Waals surface area contributed by atoms with Crippen LogP contribution in [-0.2, 0) is 0 Å². The van der Waals surface area contributed by atoms with Crippen molar-refractivity contribution in [3.8, 4) is 5.75 Å². The minimum Gasteiger partial charge on any atom is -0.496 e. The molecule has 2 aliphatic heterocycles. The minimum absolute atomic E-state index is 0.0818. The zero-order valence-electron chi connectivity index (χ0n) is 12.3. The maximum absolute atomic E-state index is 12.7. The summed E-state index contributed by atoms with van der Waals surface area (Å²) in [5.41, 5.74) is 2.17. The summed E-state index contributed by atoms with van der Waals surface area (Å²) in [6.45, 7) is 2.40. The third kappa shape index (κ3) is 1.95. The first-order valence-electron chi connectivity index (χ1n) is 7.38. The van der Waals surface area contributed by atoms with Crippen LogP contribution in [0.15, 0.2) is 18.5 Å². The highest BCUT2D eigenvalue weighted by Gasteiger charge is 2.36. The number of halogens is 1. The molecule has 0 bridgehead atoms. The summed E-state index contributed by atoms with van der Waals surface area (Å²) in [6, 6.07) is 3.70. The maximum atomic E-state index is 12.7. The molecule has 2 unspecified atom stereocenters. The Morgan fingerprint density at radius 2 is 2.32 bits per heavy atom. The maximum Gasteiger partial charge on any atom is 0.172 e. The van der Waals surface area contributed by atoms with E-state index in [4.69, 9.17) is 16.3 Å². The number of benzene rings is 1. The molecule has 4 rings (SSSR count). The Labute approximate surface area is 133 Å². The van der Waals surface area contributed by atoms with Gasteiger partial charge < -0.3 is 14.6 Å². The summed E-state index contributed by atoms with van der Waals surface area (Å²) < 4.78 is 7.43. The van der Waals surface area contributed by atoms with Gasteiger partial charge in [0.15, 0.2) is 5.78 Å². The third-order valence-electron chi connectivity index (χ3n) is 4.49. The normalized spacial score (nSPS) is 25.6. The van der Waals surface area contributed by atoms with Crippen molar-refractivity contribution in [2.24, 2.45) is 0 Å². The van der Waals surface area contributed by atoms with Crippen LogP contribution in [0.3, 0.4) is 0 Å². The van der Waals surface area contributed by atoms with Crippen LogP contribution in [0, 0.1) is 0 Å². The molecular formula is C15H17ClN4O2. The van der Waals surface area contributed by atoms with E-state index in [0.717, 1.165) is 30.7 Å². The molecule has 116 valence electrons. The molecule has 1 aromatic heterocycles. The Bertz CT molecular complexity index is 744. The fourth-order valence-corrected chi connectivity index (χ4v) is 3.78. The molecule has 2 aromatic rings. The predicted molar refractivity (Wildman–Crippen MR) is 83.5 cm³/mol. The quantitative estimate of drug-likeness (QED) is 0.673. The van der Waals surface area contributed by atoms with Crippen molar-refractivity contribution in [1.82, 2.24) is 19.8 Å². The molecule has 6 nitrogen and oxygen atoms in total. The second kappa shape index (κ2) is 5.22. The molecule has 2 atom stereocenters. The Balaban J connectivity index is 1.87. The topological polar surface area (TPSA) is 59.4 Å². The lowest BCUT2D eigenvalue weighted by Crippen LogP contribution is -2.52. The van der Waals surface area contributed by atoms with Crippen LogP contribution in [0.4, 0.5) is 0 Å². The van der Waals surface area contributed by atoms with Gasteiger partial charge in [-0.2, -0.15) is 0 Å². The van der Waals surface area contributed by atoms with E-state index >= 15 is 0 Å². The van der Waals surface area contributed by atoms with Crippen LogP contribution < -0.4 is 10.1 Å². The van der Waals surface area contributed by atoms with Gasteiger partial charge >= 0.3 is 0 Å². The largest absolute Gasteiger partial charge is 0.496 e. The zero-order chi connectivity index (χ0) is 15.3. The highest BCUT2D eigenvalue weighted by molar-refractivity contribution is 6.20. The van der Waals surface area contributed by atoms with Crippen molar-refractivity contribution in [3.63, 3.8) is 0 Å². The highest BCUT2D eigenvalue weighted by Crippen LogP contribution is 2.38. The van der Waals surface area contributed by atoms with Crippen LogP contribution in [0.2, 0.25) is 0 Å². The molecule has 2 aliphatic rings. The molecule has 0 spiro atoms. The van der Waals surface area contributed by atoms with Gasteiger partial charge in [-0.25, -0.2) is 4.98 Å². The smallest absolute Gasteiger partial charge is 0.172 e. The van der Waals surface area contributed by atoms with Gasteiger partial charge in [0.05, 0.1) is 41.7 Å². The lowest BCUT2D eigenvalue weighted by Gasteiger charge is -2.40. The first-order valence-corrected chi connectivity index (χ1v) is 7.81. The van der Waals surface area contributed by atoms with E-state index in [1.807, 2.05) is 12.1 Å². The minimum atomic E-state index is -0.129. The van der Waals surface area contributed by atoms with Crippen LogP contribution >= 0.6 is 11.6 Å². The van der Waals surface area contributed by atoms with Gasteiger partial charge in [-0.3, -0.25) is 9.69 Å². The SMILES string of the molecule is COc1ccc2ncn3c2c1C(=O)CC3N1CCNCC1Cl. The average molecular weight is 321 g/mol. The first kappa shape index (κ1) is 14.0. The van der Waals surface area contributed by atoms with E-state index in [2.05, 4.69) is 19.8 Å². The molecule has 1 fully saturated rings. The molecule has 0 radical (unpaired) electrons. The van der Waals surface area contributed by atoms with Crippen molar-refractivity contribution in [1.29, 1.82) is 0 Å². The van der Waals surface area contributed by atoms with E-state index in [1.54, 1.807) is 13.4 Å². The number of carbonyl (C=O) groups is 1. The molecule has 1 aromatic carbocycles. The standard InChI is InChI=1S/C15H17ClN4O2/c1-22-11-3-2-9-15-14(11)10(21)6-13(20(15)8-18-9)19-5-4-17-7-12(19)16/h2-3,8,12-13,17H,4-7H2,1H3. The molecule has 1 N–H and O–H groups in total. The average Bonchev–Trinajstić information content (AvgIpc) is 2.96. The Kier molecular flexibility index (Phi) is 3.32. The molecule has 0 amide bonds. The summed E-state index contributed by atoms with van der Waals surface area (Å²) in [7, 11) is 1.59. The van der Waals surface area contributed by atoms with E-state index in [1.165, 1.54) is 0 Å². The monoisotopic (exact) mass is 320 g/mol. The van der Waals surface area contributed by atoms with Gasteiger partial charge in [0.1, 0.15) is 5.75 Å². The summed E-state index contributed by atoms with van der Waals surface area (Å²) in [4.78, 5) is 19.3. The summed E-state index contributed by atoms with van der Waals surface area (Å²) in [6.07, 6.45) is 2.11. The fourth-order valence-electron chi connectivity index (χ4n) is 3.44. The molecule has 22 heavy (non-hydrogen) atoms. The number of alkyl halides is 1. The van der Waals surface area contributed by atoms with Gasteiger partial charge in [-0.1, -0.05) is 0 Å². The number of aromatic nitrogens is 2. The number of rotatable bonds is 2. The van der Waals surface area contributed by atoms with Gasteiger partial charge in [0.25, 0.3) is 0 Å². The lowest BCUT2D eigenvalue weighted by atomic mass is 9.99. The Morgan fingerprint density at radius 1 is 1.45 bits per heavy atom. The number of Topliss-reactive ketones (excluding diaryl/α,β-unsaturated/α-hetero) is 1. The van der Waals surface area contributed by atoms with Gasteiger partial charge in [-0.15, -0.1) is 11.6 Å². The van der Waals surface area contributed by atoms with Crippen molar-refractivity contribution in [3.05, 3.63) is 24.0 Å². The molecule has 7 heteroatoms. The number of nitrogens with zero attached hydrogens (tertiary/aromatic N) is 3. The van der Waals surface area contributed by atoms with E-state index in [0.29, 0.717) is 17.7 Å². The van der Waals surface area contributed by atoms with Crippen LogP contribution in [0.5, 0.6) is 5.75 Å². The second-order valence-corrected chi connectivity index (χ2v) is 6.15.